The molecule has 5 heteroatoms. The molecule has 14 heavy (non-hydrogen) atoms. The molecule has 1 amide bonds. The molecule has 72 valence electrons. The Balaban J connectivity index is 3.04. The van der Waals surface area contributed by atoms with Crippen LogP contribution in [0.3, 0.4) is 0 Å². The molecular weight excluding hydrogens is 248 g/mol. The summed E-state index contributed by atoms with van der Waals surface area (Å²) in [6.07, 6.45) is -0.598. The number of methoxy groups -OCH3 is 1. The summed E-state index contributed by atoms with van der Waals surface area (Å²) < 4.78 is 5.05. The number of amides is 1. The van der Waals surface area contributed by atoms with E-state index >= 15 is 0 Å². The first-order valence-electron chi connectivity index (χ1n) is 3.72. The van der Waals surface area contributed by atoms with Crippen LogP contribution in [0.4, 0.5) is 10.5 Å². The average molecular weight is 255 g/mol. The lowest BCUT2D eigenvalue weighted by Crippen LogP contribution is -2.12. The molecule has 0 saturated carbocycles. The van der Waals surface area contributed by atoms with Crippen LogP contribution in [-0.2, 0) is 4.74 Å². The van der Waals surface area contributed by atoms with Crippen LogP contribution in [0.1, 0.15) is 5.56 Å². The number of hydrogen-bond acceptors (Lipinski definition) is 3. The summed E-state index contributed by atoms with van der Waals surface area (Å²) in [5, 5.41) is 11.3. The molecule has 1 N–H and O–H groups in total. The second kappa shape index (κ2) is 4.63. The molecule has 0 radical (unpaired) electrons. The topological polar surface area (TPSA) is 62.1 Å². The van der Waals surface area contributed by atoms with Crippen molar-refractivity contribution in [1.29, 1.82) is 5.26 Å². The lowest BCUT2D eigenvalue weighted by molar-refractivity contribution is 0.187. The number of hydrogen-bond donors (Lipinski definition) is 1. The Bertz CT molecular complexity index is 398. The number of rotatable bonds is 1. The number of carbonyl (C=O) groups is 1. The first-order chi connectivity index (χ1) is 6.69. The van der Waals surface area contributed by atoms with Crippen molar-refractivity contribution in [2.45, 2.75) is 0 Å². The molecule has 0 unspecified atom stereocenters. The van der Waals surface area contributed by atoms with Crippen molar-refractivity contribution >= 4 is 27.7 Å². The highest BCUT2D eigenvalue weighted by atomic mass is 79.9. The van der Waals surface area contributed by atoms with Gasteiger partial charge < -0.3 is 4.74 Å². The van der Waals surface area contributed by atoms with Crippen molar-refractivity contribution < 1.29 is 9.53 Å². The Morgan fingerprint density at radius 2 is 2.36 bits per heavy atom. The van der Waals surface area contributed by atoms with Gasteiger partial charge in [0.1, 0.15) is 6.07 Å². The standard InChI is InChI=1S/C9H7BrN2O2/c1-14-9(13)12-8-4-2-3-7(10)6(8)5-11/h2-4H,1H3,(H,12,13). The lowest BCUT2D eigenvalue weighted by atomic mass is 10.2. The maximum atomic E-state index is 10.9. The van der Waals surface area contributed by atoms with Crippen LogP contribution in [0.5, 0.6) is 0 Å². The number of nitrogens with one attached hydrogen (secondary N) is 1. The van der Waals surface area contributed by atoms with E-state index in [-0.39, 0.29) is 0 Å². The molecule has 1 aromatic rings. The molecule has 1 rings (SSSR count). The van der Waals surface area contributed by atoms with Crippen molar-refractivity contribution in [3.8, 4) is 6.07 Å². The number of carbonyl (C=O) groups excluding carboxylic acids is 1. The Labute approximate surface area is 89.6 Å². The normalized spacial score (nSPS) is 8.93. The van der Waals surface area contributed by atoms with Gasteiger partial charge in [-0.15, -0.1) is 0 Å². The Morgan fingerprint density at radius 1 is 1.64 bits per heavy atom. The van der Waals surface area contributed by atoms with E-state index in [4.69, 9.17) is 5.26 Å². The van der Waals surface area contributed by atoms with Crippen molar-refractivity contribution in [2.75, 3.05) is 12.4 Å². The largest absolute Gasteiger partial charge is 0.453 e. The minimum atomic E-state index is -0.598. The monoisotopic (exact) mass is 254 g/mol. The van der Waals surface area contributed by atoms with E-state index in [1.807, 2.05) is 6.07 Å². The molecule has 1 aromatic carbocycles. The summed E-state index contributed by atoms with van der Waals surface area (Å²) in [6.45, 7) is 0. The average Bonchev–Trinajstić information content (AvgIpc) is 2.18. The number of ether oxygens (including phenoxy) is 1. The molecule has 4 nitrogen and oxygen atoms in total. The fraction of sp³-hybridized carbons (Fsp3) is 0.111. The molecular formula is C9H7BrN2O2. The van der Waals surface area contributed by atoms with Gasteiger partial charge >= 0.3 is 6.09 Å². The highest BCUT2D eigenvalue weighted by Gasteiger charge is 2.08. The van der Waals surface area contributed by atoms with Crippen LogP contribution in [-0.4, -0.2) is 13.2 Å². The van der Waals surface area contributed by atoms with Gasteiger partial charge in [0, 0.05) is 4.47 Å². The third-order valence-electron chi connectivity index (χ3n) is 1.55. The van der Waals surface area contributed by atoms with Gasteiger partial charge in [-0.1, -0.05) is 6.07 Å². The second-order valence-corrected chi connectivity index (χ2v) is 3.25. The van der Waals surface area contributed by atoms with Crippen molar-refractivity contribution in [1.82, 2.24) is 0 Å². The van der Waals surface area contributed by atoms with E-state index in [2.05, 4.69) is 26.0 Å². The minimum Gasteiger partial charge on any atom is -0.453 e. The molecule has 0 aliphatic carbocycles. The first-order valence-corrected chi connectivity index (χ1v) is 4.52. The highest BCUT2D eigenvalue weighted by Crippen LogP contribution is 2.23. The predicted octanol–water partition coefficient (Wildman–Crippen LogP) is 2.50. The summed E-state index contributed by atoms with van der Waals surface area (Å²) in [6, 6.07) is 7.04. The number of nitriles is 1. The highest BCUT2D eigenvalue weighted by molar-refractivity contribution is 9.10. The lowest BCUT2D eigenvalue weighted by Gasteiger charge is -2.06. The zero-order valence-corrected chi connectivity index (χ0v) is 8.96. The summed E-state index contributed by atoms with van der Waals surface area (Å²) in [5.74, 6) is 0. The number of anilines is 1. The Kier molecular flexibility index (Phi) is 3.48. The van der Waals surface area contributed by atoms with Crippen LogP contribution in [0.2, 0.25) is 0 Å². The third-order valence-corrected chi connectivity index (χ3v) is 2.21. The second-order valence-electron chi connectivity index (χ2n) is 2.39. The van der Waals surface area contributed by atoms with E-state index in [0.717, 1.165) is 0 Å². The van der Waals surface area contributed by atoms with Gasteiger partial charge in [0.25, 0.3) is 0 Å². The maximum absolute atomic E-state index is 10.9. The summed E-state index contributed by atoms with van der Waals surface area (Å²) in [7, 11) is 1.26. The molecule has 0 aliphatic rings. The molecule has 0 spiro atoms. The molecule has 0 bridgehead atoms. The van der Waals surface area contributed by atoms with E-state index in [1.165, 1.54) is 7.11 Å². The van der Waals surface area contributed by atoms with Gasteiger partial charge in [-0.2, -0.15) is 5.26 Å². The van der Waals surface area contributed by atoms with Crippen molar-refractivity contribution in [3.63, 3.8) is 0 Å². The maximum Gasteiger partial charge on any atom is 0.411 e. The van der Waals surface area contributed by atoms with E-state index in [0.29, 0.717) is 15.7 Å². The zero-order chi connectivity index (χ0) is 10.6. The van der Waals surface area contributed by atoms with Crippen LogP contribution < -0.4 is 5.32 Å². The Hall–Kier alpha value is -1.54. The molecule has 0 heterocycles. The molecule has 0 aromatic heterocycles. The molecule has 0 saturated heterocycles. The Morgan fingerprint density at radius 3 is 2.93 bits per heavy atom. The first kappa shape index (κ1) is 10.5. The van der Waals surface area contributed by atoms with Crippen LogP contribution in [0.15, 0.2) is 22.7 Å². The molecule has 0 atom stereocenters. The number of benzene rings is 1. The third kappa shape index (κ3) is 2.24. The molecule has 0 aliphatic heterocycles. The predicted molar refractivity (Wildman–Crippen MR) is 54.9 cm³/mol. The van der Waals surface area contributed by atoms with Gasteiger partial charge in [0.2, 0.25) is 0 Å². The van der Waals surface area contributed by atoms with Crippen molar-refractivity contribution in [3.05, 3.63) is 28.2 Å². The SMILES string of the molecule is COC(=O)Nc1cccc(Br)c1C#N. The summed E-state index contributed by atoms with van der Waals surface area (Å²) in [4.78, 5) is 10.9. The summed E-state index contributed by atoms with van der Waals surface area (Å²) >= 11 is 3.20. The smallest absolute Gasteiger partial charge is 0.411 e. The number of halogens is 1. The minimum absolute atomic E-state index is 0.373. The quantitative estimate of drug-likeness (QED) is 0.838. The fourth-order valence-corrected chi connectivity index (χ4v) is 1.36. The van der Waals surface area contributed by atoms with Gasteiger partial charge in [0.05, 0.1) is 18.4 Å². The van der Waals surface area contributed by atoms with E-state index in [9.17, 15) is 4.79 Å². The van der Waals surface area contributed by atoms with Crippen LogP contribution in [0.25, 0.3) is 0 Å². The van der Waals surface area contributed by atoms with Crippen molar-refractivity contribution in [2.24, 2.45) is 0 Å². The van der Waals surface area contributed by atoms with Gasteiger partial charge in [-0.3, -0.25) is 5.32 Å². The van der Waals surface area contributed by atoms with E-state index in [1.54, 1.807) is 18.2 Å². The van der Waals surface area contributed by atoms with Gasteiger partial charge in [-0.05, 0) is 28.1 Å². The fourth-order valence-electron chi connectivity index (χ4n) is 0.903. The molecule has 0 fully saturated rings. The van der Waals surface area contributed by atoms with Gasteiger partial charge in [-0.25, -0.2) is 4.79 Å². The van der Waals surface area contributed by atoms with Gasteiger partial charge in [0.15, 0.2) is 0 Å². The zero-order valence-electron chi connectivity index (χ0n) is 7.37. The van der Waals surface area contributed by atoms with Crippen LogP contribution in [0, 0.1) is 11.3 Å². The van der Waals surface area contributed by atoms with E-state index < -0.39 is 6.09 Å². The van der Waals surface area contributed by atoms with Crippen LogP contribution >= 0.6 is 15.9 Å². The number of nitrogens with zero attached hydrogens (tertiary/aromatic N) is 1. The summed E-state index contributed by atoms with van der Waals surface area (Å²) in [5.41, 5.74) is 0.798.